The zero-order valence-electron chi connectivity index (χ0n) is 30.7. The van der Waals surface area contributed by atoms with Crippen molar-refractivity contribution in [2.24, 2.45) is 4.99 Å². The lowest BCUT2D eigenvalue weighted by Gasteiger charge is -2.32. The fourth-order valence-electron chi connectivity index (χ4n) is 8.79. The van der Waals surface area contributed by atoms with E-state index in [0.717, 1.165) is 17.0 Å². The van der Waals surface area contributed by atoms with E-state index in [0.29, 0.717) is 0 Å². The lowest BCUT2D eigenvalue weighted by Crippen LogP contribution is -2.44. The van der Waals surface area contributed by atoms with Gasteiger partial charge >= 0.3 is 0 Å². The molecule has 0 radical (unpaired) electrons. The smallest absolute Gasteiger partial charge is 0.131 e. The maximum atomic E-state index is 5.21. The van der Waals surface area contributed by atoms with Gasteiger partial charge in [-0.25, -0.2) is 4.99 Å². The molecule has 2 atom stereocenters. The maximum Gasteiger partial charge on any atom is 0.131 e. The molecule has 0 aliphatic carbocycles. The van der Waals surface area contributed by atoms with Gasteiger partial charge in [0, 0.05) is 56.7 Å². The summed E-state index contributed by atoms with van der Waals surface area (Å²) in [4.78, 5) is 5.21. The molecule has 0 bridgehead atoms. The number of rotatable bonds is 5. The van der Waals surface area contributed by atoms with Gasteiger partial charge in [0.25, 0.3) is 0 Å². The molecule has 0 saturated heterocycles. The highest BCUT2D eigenvalue weighted by Crippen LogP contribution is 2.43. The van der Waals surface area contributed by atoms with Gasteiger partial charge in [0.2, 0.25) is 0 Å². The van der Waals surface area contributed by atoms with E-state index < -0.39 is 0 Å². The van der Waals surface area contributed by atoms with Crippen LogP contribution in [0.2, 0.25) is 0 Å². The van der Waals surface area contributed by atoms with Gasteiger partial charge in [0.1, 0.15) is 18.2 Å². The van der Waals surface area contributed by atoms with Crippen molar-refractivity contribution >= 4 is 90.7 Å². The van der Waals surface area contributed by atoms with Gasteiger partial charge < -0.3 is 9.88 Å². The van der Waals surface area contributed by atoms with Gasteiger partial charge in [-0.3, -0.25) is 5.32 Å². The predicted molar refractivity (Wildman–Crippen MR) is 243 cm³/mol. The number of nitrogens with one attached hydrogen (secondary N) is 2. The number of hydrogen-bond donors (Lipinski definition) is 2. The van der Waals surface area contributed by atoms with Crippen molar-refractivity contribution in [2.45, 2.75) is 12.3 Å². The summed E-state index contributed by atoms with van der Waals surface area (Å²) in [5.74, 6) is 0.895. The van der Waals surface area contributed by atoms with Crippen LogP contribution in [-0.4, -0.2) is 10.4 Å². The Kier molecular flexibility index (Phi) is 7.45. The molecule has 0 spiro atoms. The van der Waals surface area contributed by atoms with E-state index in [2.05, 4.69) is 191 Å². The summed E-state index contributed by atoms with van der Waals surface area (Å²) in [6.07, 6.45) is -0.267. The highest BCUT2D eigenvalue weighted by molar-refractivity contribution is 7.26. The average Bonchev–Trinajstić information content (AvgIpc) is 3.95. The Balaban J connectivity index is 0.946. The molecule has 2 N–H and O–H groups in total. The zero-order valence-corrected chi connectivity index (χ0v) is 32.3. The minimum Gasteiger partial charge on any atom is -0.350 e. The molecule has 0 amide bonds. The monoisotopic (exact) mass is 766 g/mol. The van der Waals surface area contributed by atoms with Crippen molar-refractivity contribution in [3.63, 3.8) is 0 Å². The normalized spacial score (nSPS) is 15.9. The molecule has 57 heavy (non-hydrogen) atoms. The van der Waals surface area contributed by atoms with Crippen LogP contribution in [0.3, 0.4) is 0 Å². The van der Waals surface area contributed by atoms with Crippen molar-refractivity contribution in [2.75, 3.05) is 0 Å². The van der Waals surface area contributed by atoms with Gasteiger partial charge in [-0.2, -0.15) is 0 Å². The molecule has 1 aliphatic rings. The van der Waals surface area contributed by atoms with Crippen LogP contribution in [0.5, 0.6) is 0 Å². The first-order chi connectivity index (χ1) is 28.2. The average molecular weight is 767 g/mol. The van der Waals surface area contributed by atoms with Crippen molar-refractivity contribution in [3.8, 4) is 16.8 Å². The topological polar surface area (TPSA) is 41.4 Å². The first-order valence-corrected chi connectivity index (χ1v) is 21.0. The molecule has 8 aromatic carbocycles. The minimum absolute atomic E-state index is 0.0692. The Morgan fingerprint density at radius 1 is 0.439 bits per heavy atom. The third-order valence-corrected chi connectivity index (χ3v) is 13.7. The fraction of sp³-hybridized carbons (Fsp3) is 0.0392. The second-order valence-corrected chi connectivity index (χ2v) is 17.0. The van der Waals surface area contributed by atoms with E-state index in [1.54, 1.807) is 0 Å². The van der Waals surface area contributed by atoms with Crippen LogP contribution < -0.4 is 10.6 Å². The molecule has 0 fully saturated rings. The Morgan fingerprint density at radius 3 is 1.88 bits per heavy atom. The summed E-state index contributed by atoms with van der Waals surface area (Å²) >= 11 is 3.73. The third kappa shape index (κ3) is 5.33. The van der Waals surface area contributed by atoms with E-state index in [9.17, 15) is 0 Å². The van der Waals surface area contributed by atoms with E-state index in [4.69, 9.17) is 4.99 Å². The Morgan fingerprint density at radius 2 is 1.09 bits per heavy atom. The number of benzene rings is 8. The number of aliphatic imine (C=N–C) groups is 1. The summed E-state index contributed by atoms with van der Waals surface area (Å²) < 4.78 is 7.61. The number of fused-ring (bicyclic) bond motifs is 9. The predicted octanol–water partition coefficient (Wildman–Crippen LogP) is 13.5. The first kappa shape index (κ1) is 32.7. The largest absolute Gasteiger partial charge is 0.350 e. The van der Waals surface area contributed by atoms with E-state index in [-0.39, 0.29) is 12.3 Å². The number of aromatic nitrogens is 1. The van der Waals surface area contributed by atoms with Gasteiger partial charge in [-0.1, -0.05) is 133 Å². The van der Waals surface area contributed by atoms with Gasteiger partial charge in [0.15, 0.2) is 0 Å². The second kappa shape index (κ2) is 13.0. The van der Waals surface area contributed by atoms with Crippen molar-refractivity contribution in [3.05, 3.63) is 199 Å². The molecule has 4 heterocycles. The van der Waals surface area contributed by atoms with Crippen LogP contribution in [0.1, 0.15) is 29.0 Å². The molecule has 1 aliphatic heterocycles. The van der Waals surface area contributed by atoms with Crippen molar-refractivity contribution < 1.29 is 0 Å². The van der Waals surface area contributed by atoms with Crippen LogP contribution >= 0.6 is 22.7 Å². The maximum absolute atomic E-state index is 5.21. The Hall–Kier alpha value is -6.57. The molecule has 6 heteroatoms. The van der Waals surface area contributed by atoms with Crippen LogP contribution in [0.15, 0.2) is 187 Å². The summed E-state index contributed by atoms with van der Waals surface area (Å²) in [6, 6.07) is 66.1. The molecule has 270 valence electrons. The summed E-state index contributed by atoms with van der Waals surface area (Å²) in [5, 5.41) is 15.2. The molecule has 11 aromatic rings. The number of thiophene rings is 2. The molecule has 0 saturated carbocycles. The van der Waals surface area contributed by atoms with E-state index in [1.165, 1.54) is 84.5 Å². The Bertz CT molecular complexity index is 3320. The molecule has 2 unspecified atom stereocenters. The third-order valence-electron chi connectivity index (χ3n) is 11.5. The number of nitrogens with zero attached hydrogens (tertiary/aromatic N) is 2. The van der Waals surface area contributed by atoms with Gasteiger partial charge in [-0.15, -0.1) is 22.7 Å². The standard InChI is InChI=1S/C51H34N4S2/c1-3-12-31(13-4-1)49-52-50(32-14-5-2-6-15-32)54-51(53-49)35-23-26-39-38-25-22-34(29-46(38)57-47(39)30-35)33-24-27-44-40(28-33)48-43(20-11-21-45(48)56-44)55-41-18-9-7-16-36(41)37-17-8-10-19-42(37)55/h1-30,49,51,53H,(H,52,54). The Labute approximate surface area is 337 Å². The summed E-state index contributed by atoms with van der Waals surface area (Å²) in [5.41, 5.74) is 9.56. The lowest BCUT2D eigenvalue weighted by molar-refractivity contribution is 0.409. The molecular weight excluding hydrogens is 733 g/mol. The first-order valence-electron chi connectivity index (χ1n) is 19.3. The number of hydrogen-bond acceptors (Lipinski definition) is 5. The van der Waals surface area contributed by atoms with Crippen molar-refractivity contribution in [1.82, 2.24) is 15.2 Å². The quantitative estimate of drug-likeness (QED) is 0.183. The van der Waals surface area contributed by atoms with E-state index >= 15 is 0 Å². The SMILES string of the molecule is c1ccc(C2=NC(c3ccc4c(c3)sc3cc(-c5ccc6sc7cccc(-n8c9ccccc9c9ccccc98)c7c6c5)ccc34)NC(c3ccccc3)N2)cc1. The van der Waals surface area contributed by atoms with E-state index in [1.807, 2.05) is 28.7 Å². The molecule has 4 nitrogen and oxygen atoms in total. The highest BCUT2D eigenvalue weighted by Gasteiger charge is 2.26. The van der Waals surface area contributed by atoms with Crippen LogP contribution in [0.25, 0.3) is 79.0 Å². The molecular formula is C51H34N4S2. The molecule has 3 aromatic heterocycles. The lowest BCUT2D eigenvalue weighted by atomic mass is 10.0. The van der Waals surface area contributed by atoms with Crippen LogP contribution in [0.4, 0.5) is 0 Å². The summed E-state index contributed by atoms with van der Waals surface area (Å²) in [7, 11) is 0. The van der Waals surface area contributed by atoms with Crippen molar-refractivity contribution in [1.29, 1.82) is 0 Å². The van der Waals surface area contributed by atoms with Crippen LogP contribution in [-0.2, 0) is 0 Å². The second-order valence-electron chi connectivity index (χ2n) is 14.8. The zero-order chi connectivity index (χ0) is 37.5. The fourth-order valence-corrected chi connectivity index (χ4v) is 11.1. The number of para-hydroxylation sites is 2. The minimum atomic E-state index is -0.198. The number of amidine groups is 1. The molecule has 12 rings (SSSR count). The van der Waals surface area contributed by atoms with Gasteiger partial charge in [-0.05, 0) is 70.8 Å². The van der Waals surface area contributed by atoms with Crippen LogP contribution in [0, 0.1) is 0 Å². The summed E-state index contributed by atoms with van der Waals surface area (Å²) in [6.45, 7) is 0. The van der Waals surface area contributed by atoms with Gasteiger partial charge in [0.05, 0.1) is 16.7 Å². The highest BCUT2D eigenvalue weighted by atomic mass is 32.1.